The number of nitrogens with zero attached hydrogens (tertiary/aromatic N) is 1. The Morgan fingerprint density at radius 3 is 3.05 bits per heavy atom. The molecule has 1 amide bonds. The second-order valence-electron chi connectivity index (χ2n) is 4.96. The van der Waals surface area contributed by atoms with Gasteiger partial charge in [0.05, 0.1) is 11.9 Å². The molecule has 0 saturated carbocycles. The van der Waals surface area contributed by atoms with Gasteiger partial charge in [0, 0.05) is 12.6 Å². The molecule has 7 nitrogen and oxygen atoms in total. The number of halogens is 1. The normalized spacial score (nSPS) is 18.2. The van der Waals surface area contributed by atoms with E-state index in [4.69, 9.17) is 4.42 Å². The molecule has 3 N–H and O–H groups in total. The lowest BCUT2D eigenvalue weighted by atomic mass is 10.1. The third-order valence-corrected chi connectivity index (χ3v) is 3.53. The number of hydrogen-bond donors (Lipinski definition) is 3. The van der Waals surface area contributed by atoms with Crippen LogP contribution < -0.4 is 16.2 Å². The molecule has 0 aliphatic carbocycles. The van der Waals surface area contributed by atoms with Crippen molar-refractivity contribution in [1.29, 1.82) is 0 Å². The van der Waals surface area contributed by atoms with E-state index < -0.39 is 0 Å². The van der Waals surface area contributed by atoms with Crippen molar-refractivity contribution in [2.75, 3.05) is 13.1 Å². The van der Waals surface area contributed by atoms with Crippen molar-refractivity contribution in [1.82, 2.24) is 20.6 Å². The maximum absolute atomic E-state index is 12.4. The first kappa shape index (κ1) is 15.5. The molecule has 1 aliphatic rings. The average Bonchev–Trinajstić information content (AvgIpc) is 2.77. The summed E-state index contributed by atoms with van der Waals surface area (Å²) >= 11 is 0. The Morgan fingerprint density at radius 2 is 2.33 bits per heavy atom. The number of carbonyl (C=O) groups is 1. The fourth-order valence-corrected chi connectivity index (χ4v) is 2.56. The van der Waals surface area contributed by atoms with Gasteiger partial charge in [0.2, 0.25) is 5.71 Å². The number of aromatic nitrogens is 2. The van der Waals surface area contributed by atoms with Crippen molar-refractivity contribution in [3.05, 3.63) is 28.0 Å². The average molecular weight is 313 g/mol. The van der Waals surface area contributed by atoms with Crippen LogP contribution in [0.3, 0.4) is 0 Å². The Hall–Kier alpha value is -1.86. The van der Waals surface area contributed by atoms with Crippen LogP contribution >= 0.6 is 12.4 Å². The van der Waals surface area contributed by atoms with E-state index in [9.17, 15) is 9.59 Å². The van der Waals surface area contributed by atoms with Gasteiger partial charge < -0.3 is 20.0 Å². The lowest BCUT2D eigenvalue weighted by Gasteiger charge is -2.23. The van der Waals surface area contributed by atoms with Gasteiger partial charge in [-0.05, 0) is 26.3 Å². The van der Waals surface area contributed by atoms with E-state index in [2.05, 4.69) is 20.6 Å². The van der Waals surface area contributed by atoms with Crippen LogP contribution in [0.1, 0.15) is 29.0 Å². The van der Waals surface area contributed by atoms with E-state index >= 15 is 0 Å². The molecular weight excluding hydrogens is 296 g/mol. The fraction of sp³-hybridized carbons (Fsp3) is 0.462. The summed E-state index contributed by atoms with van der Waals surface area (Å²) in [6, 6.07) is 0.0800. The van der Waals surface area contributed by atoms with Crippen LogP contribution in [0.25, 0.3) is 11.1 Å². The molecule has 3 heterocycles. The van der Waals surface area contributed by atoms with Crippen molar-refractivity contribution in [3.63, 3.8) is 0 Å². The van der Waals surface area contributed by atoms with E-state index in [1.54, 1.807) is 6.92 Å². The molecule has 8 heteroatoms. The van der Waals surface area contributed by atoms with Crippen LogP contribution in [-0.2, 0) is 0 Å². The predicted molar refractivity (Wildman–Crippen MR) is 80.0 cm³/mol. The van der Waals surface area contributed by atoms with Gasteiger partial charge in [0.15, 0.2) is 0 Å². The number of aryl methyl sites for hydroxylation is 1. The maximum atomic E-state index is 12.4. The summed E-state index contributed by atoms with van der Waals surface area (Å²) in [5.41, 5.74) is 0.108. The molecule has 1 fully saturated rings. The topological polar surface area (TPSA) is 100 Å². The Balaban J connectivity index is 0.00000161. The van der Waals surface area contributed by atoms with Crippen LogP contribution in [0.2, 0.25) is 0 Å². The third-order valence-electron chi connectivity index (χ3n) is 3.53. The smallest absolute Gasteiger partial charge is 0.262 e. The fourth-order valence-electron chi connectivity index (χ4n) is 2.56. The number of H-pyrrole nitrogens is 1. The Morgan fingerprint density at radius 1 is 1.52 bits per heavy atom. The van der Waals surface area contributed by atoms with E-state index in [-0.39, 0.29) is 46.6 Å². The van der Waals surface area contributed by atoms with Gasteiger partial charge in [-0.3, -0.25) is 9.59 Å². The number of amides is 1. The van der Waals surface area contributed by atoms with Crippen molar-refractivity contribution >= 4 is 29.4 Å². The minimum atomic E-state index is -0.362. The number of piperidine rings is 1. The number of furan rings is 1. The van der Waals surface area contributed by atoms with Gasteiger partial charge in [-0.2, -0.15) is 0 Å². The van der Waals surface area contributed by atoms with E-state index in [0.29, 0.717) is 5.76 Å². The van der Waals surface area contributed by atoms with Gasteiger partial charge in [0.1, 0.15) is 11.1 Å². The Labute approximate surface area is 126 Å². The standard InChI is InChI=1S/C13H16N4O3.ClH/c1-7-9(10-11(18)15-6-16-13(10)20-7)12(19)17-8-3-2-4-14-5-8;/h6,8,14H,2-5H2,1H3,(H,17,19)(H,15,16,18);1H/t8-;/m0./s1. The molecule has 0 bridgehead atoms. The van der Waals surface area contributed by atoms with Crippen molar-refractivity contribution in [3.8, 4) is 0 Å². The molecule has 0 unspecified atom stereocenters. The molecule has 2 aromatic heterocycles. The van der Waals surface area contributed by atoms with Gasteiger partial charge in [-0.15, -0.1) is 12.4 Å². The van der Waals surface area contributed by atoms with Gasteiger partial charge >= 0.3 is 0 Å². The zero-order valence-electron chi connectivity index (χ0n) is 11.6. The lowest BCUT2D eigenvalue weighted by molar-refractivity contribution is 0.0930. The first-order chi connectivity index (χ1) is 9.66. The molecule has 21 heavy (non-hydrogen) atoms. The third kappa shape index (κ3) is 2.93. The van der Waals surface area contributed by atoms with Crippen molar-refractivity contribution < 1.29 is 9.21 Å². The SMILES string of the molecule is Cc1oc2nc[nH]c(=O)c2c1C(=O)N[C@H]1CCCNC1.Cl. The zero-order valence-corrected chi connectivity index (χ0v) is 12.4. The summed E-state index contributed by atoms with van der Waals surface area (Å²) in [6.45, 7) is 3.38. The molecule has 1 saturated heterocycles. The van der Waals surface area contributed by atoms with Crippen LogP contribution in [0.4, 0.5) is 0 Å². The molecule has 0 radical (unpaired) electrons. The van der Waals surface area contributed by atoms with E-state index in [0.717, 1.165) is 25.9 Å². The van der Waals surface area contributed by atoms with Crippen LogP contribution in [0.15, 0.2) is 15.5 Å². The molecule has 114 valence electrons. The van der Waals surface area contributed by atoms with Crippen LogP contribution in [0.5, 0.6) is 0 Å². The molecule has 1 atom stereocenters. The first-order valence-electron chi connectivity index (χ1n) is 6.65. The van der Waals surface area contributed by atoms with Crippen molar-refractivity contribution in [2.24, 2.45) is 0 Å². The summed E-state index contributed by atoms with van der Waals surface area (Å²) in [4.78, 5) is 30.6. The monoisotopic (exact) mass is 312 g/mol. The van der Waals surface area contributed by atoms with Gasteiger partial charge in [-0.1, -0.05) is 0 Å². The summed E-state index contributed by atoms with van der Waals surface area (Å²) in [5.74, 6) is 0.124. The maximum Gasteiger partial charge on any atom is 0.262 e. The summed E-state index contributed by atoms with van der Waals surface area (Å²) in [6.07, 6.45) is 3.22. The zero-order chi connectivity index (χ0) is 14.1. The molecule has 1 aliphatic heterocycles. The molecule has 0 spiro atoms. The van der Waals surface area contributed by atoms with E-state index in [1.807, 2.05) is 0 Å². The number of rotatable bonds is 2. The minimum Gasteiger partial charge on any atom is -0.442 e. The van der Waals surface area contributed by atoms with Crippen LogP contribution in [-0.4, -0.2) is 35.0 Å². The lowest BCUT2D eigenvalue weighted by Crippen LogP contribution is -2.45. The summed E-state index contributed by atoms with van der Waals surface area (Å²) in [5, 5.41) is 6.38. The second-order valence-corrected chi connectivity index (χ2v) is 4.96. The van der Waals surface area contributed by atoms with Crippen molar-refractivity contribution in [2.45, 2.75) is 25.8 Å². The number of carbonyl (C=O) groups excluding carboxylic acids is 1. The molecule has 3 rings (SSSR count). The highest BCUT2D eigenvalue weighted by molar-refractivity contribution is 6.06. The summed E-state index contributed by atoms with van der Waals surface area (Å²) in [7, 11) is 0. The number of nitrogens with one attached hydrogen (secondary N) is 3. The minimum absolute atomic E-state index is 0. The largest absolute Gasteiger partial charge is 0.442 e. The molecular formula is C13H17ClN4O3. The van der Waals surface area contributed by atoms with Gasteiger partial charge in [-0.25, -0.2) is 4.98 Å². The highest BCUT2D eigenvalue weighted by Gasteiger charge is 2.24. The summed E-state index contributed by atoms with van der Waals surface area (Å²) < 4.78 is 5.38. The highest BCUT2D eigenvalue weighted by Crippen LogP contribution is 2.20. The van der Waals surface area contributed by atoms with Gasteiger partial charge in [0.25, 0.3) is 11.5 Å². The number of fused-ring (bicyclic) bond motifs is 1. The Bertz CT molecular complexity index is 703. The number of hydrogen-bond acceptors (Lipinski definition) is 5. The number of aromatic amines is 1. The van der Waals surface area contributed by atoms with Crippen LogP contribution in [0, 0.1) is 6.92 Å². The van der Waals surface area contributed by atoms with E-state index in [1.165, 1.54) is 6.33 Å². The second kappa shape index (κ2) is 6.28. The first-order valence-corrected chi connectivity index (χ1v) is 6.65. The molecule has 2 aromatic rings. The quantitative estimate of drug-likeness (QED) is 0.759. The predicted octanol–water partition coefficient (Wildman–Crippen LogP) is 0.728. The Kier molecular flexibility index (Phi) is 4.64. The molecule has 0 aromatic carbocycles. The highest BCUT2D eigenvalue weighted by atomic mass is 35.5.